The zero-order valence-electron chi connectivity index (χ0n) is 9.09. The van der Waals surface area contributed by atoms with Crippen LogP contribution in [0.25, 0.3) is 5.57 Å². The Kier molecular flexibility index (Phi) is 4.82. The van der Waals surface area contributed by atoms with E-state index in [0.29, 0.717) is 0 Å². The normalized spacial score (nSPS) is 9.29. The van der Waals surface area contributed by atoms with Gasteiger partial charge in [-0.15, -0.1) is 5.73 Å². The van der Waals surface area contributed by atoms with Crippen LogP contribution in [0.5, 0.6) is 0 Å². The molecule has 0 saturated heterocycles. The van der Waals surface area contributed by atoms with Gasteiger partial charge in [-0.2, -0.15) is 0 Å². The molecule has 0 spiro atoms. The molecule has 0 amide bonds. The maximum absolute atomic E-state index is 3.38. The quantitative estimate of drug-likeness (QED) is 0.610. The first-order valence-corrected chi connectivity index (χ1v) is 5.38. The fraction of sp³-hybridized carbons (Fsp3) is 0.357. The molecular weight excluding hydrogens is 168 g/mol. The van der Waals surface area contributed by atoms with E-state index in [9.17, 15) is 0 Å². The van der Waals surface area contributed by atoms with Crippen LogP contribution in [0.4, 0.5) is 0 Å². The molecule has 0 aliphatic rings. The summed E-state index contributed by atoms with van der Waals surface area (Å²) in [5.74, 6) is 0. The van der Waals surface area contributed by atoms with Crippen molar-refractivity contribution < 1.29 is 0 Å². The van der Waals surface area contributed by atoms with Gasteiger partial charge in [-0.05, 0) is 24.5 Å². The van der Waals surface area contributed by atoms with Gasteiger partial charge in [0, 0.05) is 5.57 Å². The number of hydrogen-bond donors (Lipinski definition) is 0. The Morgan fingerprint density at radius 2 is 1.93 bits per heavy atom. The van der Waals surface area contributed by atoms with E-state index in [1.54, 1.807) is 0 Å². The van der Waals surface area contributed by atoms with Crippen LogP contribution in [-0.4, -0.2) is 0 Å². The lowest BCUT2D eigenvalue weighted by atomic mass is 10.0. The van der Waals surface area contributed by atoms with Crippen LogP contribution in [0.3, 0.4) is 0 Å². The number of rotatable bonds is 4. The molecule has 0 radical (unpaired) electrons. The summed E-state index contributed by atoms with van der Waals surface area (Å²) in [4.78, 5) is 0. The topological polar surface area (TPSA) is 0 Å². The molecule has 0 saturated carbocycles. The molecule has 1 aromatic rings. The summed E-state index contributed by atoms with van der Waals surface area (Å²) in [7, 11) is 0. The summed E-state index contributed by atoms with van der Waals surface area (Å²) < 4.78 is 0. The molecule has 1 rings (SSSR count). The average molecular weight is 186 g/mol. The second kappa shape index (κ2) is 6.23. The highest BCUT2D eigenvalue weighted by Gasteiger charge is 1.97. The third kappa shape index (κ3) is 3.24. The highest BCUT2D eigenvalue weighted by Crippen LogP contribution is 2.17. The second-order valence-electron chi connectivity index (χ2n) is 3.35. The predicted molar refractivity (Wildman–Crippen MR) is 63.1 cm³/mol. The molecule has 0 heteroatoms. The first-order chi connectivity index (χ1) is 6.88. The van der Waals surface area contributed by atoms with Gasteiger partial charge in [0.15, 0.2) is 0 Å². The van der Waals surface area contributed by atoms with Gasteiger partial charge < -0.3 is 0 Å². The van der Waals surface area contributed by atoms with Crippen LogP contribution >= 0.6 is 0 Å². The molecule has 74 valence electrons. The van der Waals surface area contributed by atoms with Crippen molar-refractivity contribution in [1.82, 2.24) is 0 Å². The van der Waals surface area contributed by atoms with Gasteiger partial charge in [0.2, 0.25) is 0 Å². The molecule has 0 aliphatic carbocycles. The molecule has 0 unspecified atom stereocenters. The molecular formula is C14H18. The van der Waals surface area contributed by atoms with Gasteiger partial charge in [-0.25, -0.2) is 0 Å². The highest BCUT2D eigenvalue weighted by atomic mass is 14.0. The average Bonchev–Trinajstić information content (AvgIpc) is 2.25. The van der Waals surface area contributed by atoms with Crippen LogP contribution in [0.15, 0.2) is 42.1 Å². The molecule has 1 aromatic carbocycles. The minimum atomic E-state index is 1.06. The molecule has 0 nitrogen and oxygen atoms in total. The Hall–Kier alpha value is -1.26. The Labute approximate surface area is 87.0 Å². The number of allylic oxidation sites excluding steroid dienone is 1. The molecule has 0 fully saturated rings. The molecule has 0 heterocycles. The lowest BCUT2D eigenvalue weighted by molar-refractivity contribution is 0.974. The number of hydrogen-bond acceptors (Lipinski definition) is 0. The molecule has 0 N–H and O–H groups in total. The summed E-state index contributed by atoms with van der Waals surface area (Å²) in [6.45, 7) is 4.35. The van der Waals surface area contributed by atoms with Gasteiger partial charge in [0.1, 0.15) is 0 Å². The van der Waals surface area contributed by atoms with Crippen LogP contribution in [-0.2, 0) is 0 Å². The van der Waals surface area contributed by atoms with Gasteiger partial charge in [0.05, 0.1) is 0 Å². The smallest absolute Gasteiger partial charge is 0.000857 e. The maximum atomic E-state index is 3.38. The van der Waals surface area contributed by atoms with Crippen molar-refractivity contribution in [2.75, 3.05) is 0 Å². The maximum Gasteiger partial charge on any atom is 0.000857 e. The minimum absolute atomic E-state index is 1.06. The zero-order chi connectivity index (χ0) is 10.2. The van der Waals surface area contributed by atoms with Gasteiger partial charge in [0.25, 0.3) is 0 Å². The molecule has 0 atom stereocenters. The van der Waals surface area contributed by atoms with Crippen LogP contribution in [0.1, 0.15) is 38.7 Å². The zero-order valence-corrected chi connectivity index (χ0v) is 9.09. The number of benzene rings is 1. The Morgan fingerprint density at radius 1 is 1.21 bits per heavy atom. The summed E-state index contributed by atoms with van der Waals surface area (Å²) in [5.41, 5.74) is 6.01. The van der Waals surface area contributed by atoms with Crippen molar-refractivity contribution in [2.24, 2.45) is 0 Å². The van der Waals surface area contributed by atoms with E-state index in [4.69, 9.17) is 0 Å². The monoisotopic (exact) mass is 186 g/mol. The van der Waals surface area contributed by atoms with Crippen molar-refractivity contribution in [3.8, 4) is 0 Å². The Bertz CT molecular complexity index is 313. The SMILES string of the molecule is CCC=C=C(CCC)c1ccccc1. The van der Waals surface area contributed by atoms with Crippen LogP contribution in [0, 0.1) is 0 Å². The molecule has 14 heavy (non-hydrogen) atoms. The van der Waals surface area contributed by atoms with Crippen molar-refractivity contribution >= 4 is 5.57 Å². The van der Waals surface area contributed by atoms with E-state index in [-0.39, 0.29) is 0 Å². The van der Waals surface area contributed by atoms with Crippen molar-refractivity contribution in [2.45, 2.75) is 33.1 Å². The van der Waals surface area contributed by atoms with E-state index < -0.39 is 0 Å². The lowest BCUT2D eigenvalue weighted by Gasteiger charge is -2.02. The summed E-state index contributed by atoms with van der Waals surface area (Å²) in [5, 5.41) is 0. The standard InChI is InChI=1S/C14H18/c1-3-5-10-13(9-4-2)14-11-7-6-8-12-14/h5-8,11-12H,3-4,9H2,1-2H3. The van der Waals surface area contributed by atoms with E-state index >= 15 is 0 Å². The van der Waals surface area contributed by atoms with E-state index in [0.717, 1.165) is 12.8 Å². The Balaban J connectivity index is 2.95. The van der Waals surface area contributed by atoms with Gasteiger partial charge >= 0.3 is 0 Å². The first kappa shape index (κ1) is 10.8. The van der Waals surface area contributed by atoms with E-state index in [1.807, 2.05) is 0 Å². The summed E-state index contributed by atoms with van der Waals surface area (Å²) >= 11 is 0. The van der Waals surface area contributed by atoms with Gasteiger partial charge in [-0.1, -0.05) is 50.6 Å². The minimum Gasteiger partial charge on any atom is -0.121 e. The fourth-order valence-electron chi connectivity index (χ4n) is 1.41. The third-order valence-corrected chi connectivity index (χ3v) is 2.10. The fourth-order valence-corrected chi connectivity index (χ4v) is 1.41. The van der Waals surface area contributed by atoms with E-state index in [2.05, 4.69) is 56.0 Å². The first-order valence-electron chi connectivity index (χ1n) is 5.38. The Morgan fingerprint density at radius 3 is 2.50 bits per heavy atom. The lowest BCUT2D eigenvalue weighted by Crippen LogP contribution is -1.81. The van der Waals surface area contributed by atoms with E-state index in [1.165, 1.54) is 17.6 Å². The van der Waals surface area contributed by atoms with Crippen molar-refractivity contribution in [3.63, 3.8) is 0 Å². The van der Waals surface area contributed by atoms with Crippen molar-refractivity contribution in [1.29, 1.82) is 0 Å². The van der Waals surface area contributed by atoms with Crippen LogP contribution in [0.2, 0.25) is 0 Å². The highest BCUT2D eigenvalue weighted by molar-refractivity contribution is 5.64. The third-order valence-electron chi connectivity index (χ3n) is 2.10. The van der Waals surface area contributed by atoms with Gasteiger partial charge in [-0.3, -0.25) is 0 Å². The summed E-state index contributed by atoms with van der Waals surface area (Å²) in [6, 6.07) is 10.5. The molecule has 0 aromatic heterocycles. The summed E-state index contributed by atoms with van der Waals surface area (Å²) in [6.07, 6.45) is 5.45. The molecule has 0 aliphatic heterocycles. The second-order valence-corrected chi connectivity index (χ2v) is 3.35. The largest absolute Gasteiger partial charge is 0.121 e. The van der Waals surface area contributed by atoms with Crippen LogP contribution < -0.4 is 0 Å². The molecule has 0 bridgehead atoms. The predicted octanol–water partition coefficient (Wildman–Crippen LogP) is 4.44. The van der Waals surface area contributed by atoms with Crippen molar-refractivity contribution in [3.05, 3.63) is 47.7 Å².